The summed E-state index contributed by atoms with van der Waals surface area (Å²) in [6, 6.07) is 5.25. The van der Waals surface area contributed by atoms with Gasteiger partial charge in [-0.1, -0.05) is 35.0 Å². The van der Waals surface area contributed by atoms with Crippen molar-refractivity contribution in [2.75, 3.05) is 13.1 Å². The van der Waals surface area contributed by atoms with E-state index in [-0.39, 0.29) is 5.82 Å². The molecule has 2 unspecified atom stereocenters. The van der Waals surface area contributed by atoms with E-state index in [1.54, 1.807) is 6.07 Å². The van der Waals surface area contributed by atoms with E-state index in [1.165, 1.54) is 6.07 Å². The molecule has 0 aromatic heterocycles. The van der Waals surface area contributed by atoms with Crippen LogP contribution in [0.2, 0.25) is 0 Å². The topological polar surface area (TPSA) is 3.24 Å². The maximum Gasteiger partial charge on any atom is 0.137 e. The van der Waals surface area contributed by atoms with Crippen molar-refractivity contribution in [2.45, 2.75) is 24.7 Å². The maximum atomic E-state index is 13.4. The number of hydrogen-bond donors (Lipinski definition) is 0. The van der Waals surface area contributed by atoms with Crippen LogP contribution in [0, 0.1) is 11.7 Å². The van der Waals surface area contributed by atoms with Gasteiger partial charge in [-0.25, -0.2) is 4.39 Å². The van der Waals surface area contributed by atoms with Gasteiger partial charge in [0.25, 0.3) is 0 Å². The second-order valence-electron chi connectivity index (χ2n) is 4.73. The van der Waals surface area contributed by atoms with Crippen LogP contribution in [0.1, 0.15) is 18.9 Å². The second kappa shape index (κ2) is 5.81. The summed E-state index contributed by atoms with van der Waals surface area (Å²) in [6.07, 6.45) is 1.16. The highest BCUT2D eigenvalue weighted by atomic mass is 79.9. The van der Waals surface area contributed by atoms with E-state index in [9.17, 15) is 4.39 Å². The van der Waals surface area contributed by atoms with Crippen LogP contribution >= 0.6 is 31.9 Å². The van der Waals surface area contributed by atoms with E-state index in [1.807, 2.05) is 6.07 Å². The minimum absolute atomic E-state index is 0.175. The van der Waals surface area contributed by atoms with Crippen LogP contribution in [-0.2, 0) is 6.54 Å². The van der Waals surface area contributed by atoms with Crippen LogP contribution in [0.25, 0.3) is 0 Å². The third-order valence-electron chi connectivity index (χ3n) is 3.31. The predicted molar refractivity (Wildman–Crippen MR) is 75.9 cm³/mol. The standard InChI is InChI=1S/C13H16Br2FN/c1-9-7-17(6-5-11(9)14)8-10-3-2-4-12(16)13(10)15/h2-4,9,11H,5-8H2,1H3. The molecule has 2 atom stereocenters. The quantitative estimate of drug-likeness (QED) is 0.711. The van der Waals surface area contributed by atoms with Crippen molar-refractivity contribution < 1.29 is 4.39 Å². The van der Waals surface area contributed by atoms with E-state index in [2.05, 4.69) is 43.7 Å². The van der Waals surface area contributed by atoms with Crippen LogP contribution in [0.3, 0.4) is 0 Å². The molecular weight excluding hydrogens is 349 g/mol. The minimum atomic E-state index is -0.175. The first-order valence-corrected chi connectivity index (χ1v) is 7.58. The van der Waals surface area contributed by atoms with Gasteiger partial charge in [-0.15, -0.1) is 0 Å². The van der Waals surface area contributed by atoms with Crippen LogP contribution in [-0.4, -0.2) is 22.8 Å². The zero-order chi connectivity index (χ0) is 12.4. The van der Waals surface area contributed by atoms with Gasteiger partial charge in [0, 0.05) is 17.9 Å². The smallest absolute Gasteiger partial charge is 0.137 e. The molecule has 0 amide bonds. The average molecular weight is 365 g/mol. The lowest BCUT2D eigenvalue weighted by Gasteiger charge is -2.34. The molecule has 2 rings (SSSR count). The predicted octanol–water partition coefficient (Wildman–Crippen LogP) is 4.19. The van der Waals surface area contributed by atoms with Gasteiger partial charge in [0.15, 0.2) is 0 Å². The Kier molecular flexibility index (Phi) is 4.61. The number of alkyl halides is 1. The van der Waals surface area contributed by atoms with Crippen molar-refractivity contribution in [3.05, 3.63) is 34.1 Å². The summed E-state index contributed by atoms with van der Waals surface area (Å²) >= 11 is 7.02. The molecule has 0 N–H and O–H groups in total. The third-order valence-corrected chi connectivity index (χ3v) is 5.56. The molecule has 0 saturated carbocycles. The molecule has 1 saturated heterocycles. The Morgan fingerprint density at radius 3 is 2.94 bits per heavy atom. The van der Waals surface area contributed by atoms with Crippen LogP contribution in [0.4, 0.5) is 4.39 Å². The molecular formula is C13H16Br2FN. The lowest BCUT2D eigenvalue weighted by molar-refractivity contribution is 0.183. The lowest BCUT2D eigenvalue weighted by atomic mass is 9.99. The molecule has 1 nitrogen and oxygen atoms in total. The highest BCUT2D eigenvalue weighted by Gasteiger charge is 2.24. The number of halogens is 3. The molecule has 17 heavy (non-hydrogen) atoms. The van der Waals surface area contributed by atoms with Crippen LogP contribution in [0.5, 0.6) is 0 Å². The molecule has 1 aromatic rings. The molecule has 1 heterocycles. The first kappa shape index (κ1) is 13.5. The van der Waals surface area contributed by atoms with Gasteiger partial charge in [-0.3, -0.25) is 4.90 Å². The zero-order valence-electron chi connectivity index (χ0n) is 9.80. The van der Waals surface area contributed by atoms with Gasteiger partial charge in [-0.2, -0.15) is 0 Å². The van der Waals surface area contributed by atoms with Gasteiger partial charge in [-0.05, 0) is 46.4 Å². The van der Waals surface area contributed by atoms with Crippen LogP contribution < -0.4 is 0 Å². The fraction of sp³-hybridized carbons (Fsp3) is 0.538. The van der Waals surface area contributed by atoms with Gasteiger partial charge < -0.3 is 0 Å². The van der Waals surface area contributed by atoms with E-state index in [0.29, 0.717) is 15.2 Å². The van der Waals surface area contributed by atoms with E-state index in [4.69, 9.17) is 0 Å². The summed E-state index contributed by atoms with van der Waals surface area (Å²) < 4.78 is 14.0. The summed E-state index contributed by atoms with van der Waals surface area (Å²) in [5.41, 5.74) is 1.03. The van der Waals surface area contributed by atoms with E-state index < -0.39 is 0 Å². The molecule has 94 valence electrons. The molecule has 0 aliphatic carbocycles. The normalized spacial score (nSPS) is 26.1. The molecule has 0 spiro atoms. The Bertz CT molecular complexity index is 397. The van der Waals surface area contributed by atoms with Crippen molar-refractivity contribution >= 4 is 31.9 Å². The Labute approximate surface area is 119 Å². The van der Waals surface area contributed by atoms with E-state index >= 15 is 0 Å². The number of nitrogens with zero attached hydrogens (tertiary/aromatic N) is 1. The summed E-state index contributed by atoms with van der Waals surface area (Å²) in [4.78, 5) is 3.01. The van der Waals surface area contributed by atoms with Gasteiger partial charge in [0.1, 0.15) is 5.82 Å². The minimum Gasteiger partial charge on any atom is -0.299 e. The summed E-state index contributed by atoms with van der Waals surface area (Å²) in [5.74, 6) is 0.474. The highest BCUT2D eigenvalue weighted by molar-refractivity contribution is 9.10. The highest BCUT2D eigenvalue weighted by Crippen LogP contribution is 2.27. The average Bonchev–Trinajstić information content (AvgIpc) is 2.30. The van der Waals surface area contributed by atoms with Crippen molar-refractivity contribution in [3.63, 3.8) is 0 Å². The van der Waals surface area contributed by atoms with Gasteiger partial charge >= 0.3 is 0 Å². The molecule has 1 fully saturated rings. The summed E-state index contributed by atoms with van der Waals surface area (Å²) in [7, 11) is 0. The molecule has 1 aliphatic rings. The van der Waals surface area contributed by atoms with Crippen molar-refractivity contribution in [3.8, 4) is 0 Å². The SMILES string of the molecule is CC1CN(Cc2cccc(F)c2Br)CCC1Br. The Balaban J connectivity index is 2.04. The van der Waals surface area contributed by atoms with Gasteiger partial charge in [0.05, 0.1) is 4.47 Å². The first-order valence-electron chi connectivity index (χ1n) is 5.87. The molecule has 0 bridgehead atoms. The molecule has 1 aliphatic heterocycles. The third kappa shape index (κ3) is 3.30. The largest absolute Gasteiger partial charge is 0.299 e. The van der Waals surface area contributed by atoms with Crippen molar-refractivity contribution in [2.24, 2.45) is 5.92 Å². The maximum absolute atomic E-state index is 13.4. The Hall–Kier alpha value is 0.0700. The molecule has 0 radical (unpaired) electrons. The Morgan fingerprint density at radius 2 is 2.24 bits per heavy atom. The van der Waals surface area contributed by atoms with Gasteiger partial charge in [0.2, 0.25) is 0 Å². The van der Waals surface area contributed by atoms with Crippen LogP contribution in [0.15, 0.2) is 22.7 Å². The number of hydrogen-bond acceptors (Lipinski definition) is 1. The first-order chi connectivity index (χ1) is 8.08. The lowest BCUT2D eigenvalue weighted by Crippen LogP contribution is -2.39. The number of benzene rings is 1. The number of piperidine rings is 1. The fourth-order valence-electron chi connectivity index (χ4n) is 2.26. The zero-order valence-corrected chi connectivity index (χ0v) is 13.0. The summed E-state index contributed by atoms with van der Waals surface area (Å²) in [5, 5.41) is 0. The second-order valence-corrected chi connectivity index (χ2v) is 6.70. The fourth-order valence-corrected chi connectivity index (χ4v) is 3.02. The summed E-state index contributed by atoms with van der Waals surface area (Å²) in [6.45, 7) is 5.22. The molecule has 1 aromatic carbocycles. The van der Waals surface area contributed by atoms with E-state index in [0.717, 1.165) is 31.6 Å². The number of likely N-dealkylation sites (tertiary alicyclic amines) is 1. The van der Waals surface area contributed by atoms with Crippen molar-refractivity contribution in [1.29, 1.82) is 0 Å². The number of rotatable bonds is 2. The molecule has 4 heteroatoms. The monoisotopic (exact) mass is 363 g/mol. The van der Waals surface area contributed by atoms with Crippen molar-refractivity contribution in [1.82, 2.24) is 4.90 Å². The Morgan fingerprint density at radius 1 is 1.47 bits per heavy atom.